The first-order valence-corrected chi connectivity index (χ1v) is 8.76. The zero-order chi connectivity index (χ0) is 17.9. The summed E-state index contributed by atoms with van der Waals surface area (Å²) in [5.74, 6) is 2.24. The first-order chi connectivity index (χ1) is 11.9. The van der Waals surface area contributed by atoms with Crippen molar-refractivity contribution >= 4 is 5.91 Å². The zero-order valence-electron chi connectivity index (χ0n) is 15.0. The van der Waals surface area contributed by atoms with Crippen molar-refractivity contribution < 1.29 is 14.1 Å². The molecule has 1 N–H and O–H groups in total. The van der Waals surface area contributed by atoms with Gasteiger partial charge in [-0.25, -0.2) is 0 Å². The third-order valence-corrected chi connectivity index (χ3v) is 4.17. The molecule has 0 radical (unpaired) electrons. The number of rotatable bonds is 6. The van der Waals surface area contributed by atoms with Gasteiger partial charge in [-0.05, 0) is 18.1 Å². The van der Waals surface area contributed by atoms with Crippen LogP contribution < -0.4 is 10.1 Å². The number of ether oxygens (including phenoxy) is 1. The number of hydrogen-bond acceptors (Lipinski definition) is 5. The highest BCUT2D eigenvalue weighted by molar-refractivity contribution is 5.75. The van der Waals surface area contributed by atoms with E-state index in [-0.39, 0.29) is 17.4 Å². The predicted octanol–water partition coefficient (Wildman–Crippen LogP) is 2.81. The normalized spacial score (nSPS) is 16.4. The van der Waals surface area contributed by atoms with Gasteiger partial charge in [0.1, 0.15) is 11.9 Å². The molecule has 0 bridgehead atoms. The molecule has 0 spiro atoms. The van der Waals surface area contributed by atoms with Crippen molar-refractivity contribution in [3.63, 3.8) is 0 Å². The topological polar surface area (TPSA) is 77.2 Å². The van der Waals surface area contributed by atoms with Crippen LogP contribution in [0.4, 0.5) is 0 Å². The molecule has 1 aromatic heterocycles. The second kappa shape index (κ2) is 7.25. The highest BCUT2D eigenvalue weighted by Crippen LogP contribution is 2.27. The number of aromatic nitrogens is 2. The van der Waals surface area contributed by atoms with Gasteiger partial charge in [-0.15, -0.1) is 0 Å². The Balaban J connectivity index is 1.36. The molecule has 134 valence electrons. The Kier molecular flexibility index (Phi) is 5.06. The summed E-state index contributed by atoms with van der Waals surface area (Å²) in [4.78, 5) is 16.4. The monoisotopic (exact) mass is 343 g/mol. The van der Waals surface area contributed by atoms with E-state index in [1.165, 1.54) is 5.56 Å². The summed E-state index contributed by atoms with van der Waals surface area (Å²) in [5, 5.41) is 6.93. The van der Waals surface area contributed by atoms with Crippen molar-refractivity contribution in [1.82, 2.24) is 15.5 Å². The summed E-state index contributed by atoms with van der Waals surface area (Å²) in [6.45, 7) is 6.65. The maximum Gasteiger partial charge on any atom is 0.226 e. The second-order valence-corrected chi connectivity index (χ2v) is 7.47. The Labute approximate surface area is 148 Å². The fourth-order valence-corrected chi connectivity index (χ4v) is 2.75. The number of hydrogen-bond donors (Lipinski definition) is 1. The van der Waals surface area contributed by atoms with Gasteiger partial charge in [0, 0.05) is 24.7 Å². The van der Waals surface area contributed by atoms with Crippen molar-refractivity contribution in [3.05, 3.63) is 41.5 Å². The number of carbonyl (C=O) groups is 1. The molecule has 0 unspecified atom stereocenters. The molecule has 6 heteroatoms. The van der Waals surface area contributed by atoms with Crippen LogP contribution in [0.3, 0.4) is 0 Å². The van der Waals surface area contributed by atoms with Crippen molar-refractivity contribution in [2.24, 2.45) is 0 Å². The molecule has 2 aromatic rings. The predicted molar refractivity (Wildman–Crippen MR) is 93.5 cm³/mol. The Morgan fingerprint density at radius 1 is 1.32 bits per heavy atom. The Bertz CT molecular complexity index is 709. The van der Waals surface area contributed by atoms with Crippen molar-refractivity contribution in [1.29, 1.82) is 0 Å². The van der Waals surface area contributed by atoms with Crippen LogP contribution >= 0.6 is 0 Å². The van der Waals surface area contributed by atoms with Gasteiger partial charge in [-0.2, -0.15) is 4.98 Å². The van der Waals surface area contributed by atoms with E-state index in [1.807, 2.05) is 39.0 Å². The Morgan fingerprint density at radius 2 is 2.12 bits per heavy atom. The maximum atomic E-state index is 12.0. The average Bonchev–Trinajstić information content (AvgIpc) is 3.19. The zero-order valence-corrected chi connectivity index (χ0v) is 15.0. The molecular formula is C19H25N3O3. The third kappa shape index (κ3) is 4.59. The SMILES string of the molecule is CC(C)(C)c1noc(CCCC(=O)NC[C@@H]2Cc3ccccc3O2)n1. The van der Waals surface area contributed by atoms with Crippen molar-refractivity contribution in [3.8, 4) is 5.75 Å². The average molecular weight is 343 g/mol. The van der Waals surface area contributed by atoms with Gasteiger partial charge in [-0.1, -0.05) is 44.1 Å². The molecule has 1 aliphatic heterocycles. The second-order valence-electron chi connectivity index (χ2n) is 7.47. The van der Waals surface area contributed by atoms with Crippen LogP contribution in [0.2, 0.25) is 0 Å². The quantitative estimate of drug-likeness (QED) is 0.873. The van der Waals surface area contributed by atoms with Crippen molar-refractivity contribution in [2.75, 3.05) is 6.54 Å². The minimum absolute atomic E-state index is 0.0200. The van der Waals surface area contributed by atoms with Gasteiger partial charge < -0.3 is 14.6 Å². The van der Waals surface area contributed by atoms with Crippen LogP contribution in [0.15, 0.2) is 28.8 Å². The number of para-hydroxylation sites is 1. The van der Waals surface area contributed by atoms with Gasteiger partial charge in [0.25, 0.3) is 0 Å². The third-order valence-electron chi connectivity index (χ3n) is 4.17. The summed E-state index contributed by atoms with van der Waals surface area (Å²) in [5.41, 5.74) is 1.07. The number of amides is 1. The molecule has 1 atom stereocenters. The fourth-order valence-electron chi connectivity index (χ4n) is 2.75. The smallest absolute Gasteiger partial charge is 0.226 e. The minimum Gasteiger partial charge on any atom is -0.488 e. The summed E-state index contributed by atoms with van der Waals surface area (Å²) in [6.07, 6.45) is 2.60. The van der Waals surface area contributed by atoms with E-state index in [1.54, 1.807) is 0 Å². The van der Waals surface area contributed by atoms with Crippen LogP contribution in [-0.4, -0.2) is 28.7 Å². The van der Waals surface area contributed by atoms with Gasteiger partial charge in [0.05, 0.1) is 6.54 Å². The summed E-state index contributed by atoms with van der Waals surface area (Å²) in [7, 11) is 0. The number of nitrogens with zero attached hydrogens (tertiary/aromatic N) is 2. The Morgan fingerprint density at radius 3 is 2.84 bits per heavy atom. The number of fused-ring (bicyclic) bond motifs is 1. The number of benzene rings is 1. The molecule has 0 aliphatic carbocycles. The van der Waals surface area contributed by atoms with E-state index in [2.05, 4.69) is 21.5 Å². The highest BCUT2D eigenvalue weighted by Gasteiger charge is 2.23. The molecule has 6 nitrogen and oxygen atoms in total. The standard InChI is InChI=1S/C19H25N3O3/c1-19(2,3)18-21-17(25-22-18)10-6-9-16(23)20-12-14-11-13-7-4-5-8-15(13)24-14/h4-5,7-8,14H,6,9-12H2,1-3H3,(H,20,23)/t14-/m0/s1. The summed E-state index contributed by atoms with van der Waals surface area (Å²) < 4.78 is 11.1. The van der Waals surface area contributed by atoms with Crippen LogP contribution in [-0.2, 0) is 23.1 Å². The molecule has 0 saturated carbocycles. The van der Waals surface area contributed by atoms with Gasteiger partial charge >= 0.3 is 0 Å². The van der Waals surface area contributed by atoms with Gasteiger partial charge in [0.2, 0.25) is 11.8 Å². The van der Waals surface area contributed by atoms with E-state index >= 15 is 0 Å². The van der Waals surface area contributed by atoms with Crippen LogP contribution in [0.1, 0.15) is 50.9 Å². The van der Waals surface area contributed by atoms with E-state index in [0.29, 0.717) is 37.5 Å². The maximum absolute atomic E-state index is 12.0. The van der Waals surface area contributed by atoms with E-state index in [4.69, 9.17) is 9.26 Å². The van der Waals surface area contributed by atoms with E-state index in [9.17, 15) is 4.79 Å². The van der Waals surface area contributed by atoms with Gasteiger partial charge in [-0.3, -0.25) is 4.79 Å². The van der Waals surface area contributed by atoms with Crippen LogP contribution in [0.25, 0.3) is 0 Å². The number of nitrogens with one attached hydrogen (secondary N) is 1. The first kappa shape index (κ1) is 17.5. The number of carbonyl (C=O) groups excluding carboxylic acids is 1. The number of aryl methyl sites for hydroxylation is 1. The summed E-state index contributed by atoms with van der Waals surface area (Å²) in [6, 6.07) is 7.99. The lowest BCUT2D eigenvalue weighted by Crippen LogP contribution is -2.34. The molecule has 1 aliphatic rings. The molecule has 0 fully saturated rings. The van der Waals surface area contributed by atoms with Crippen LogP contribution in [0.5, 0.6) is 5.75 Å². The van der Waals surface area contributed by atoms with Crippen LogP contribution in [0, 0.1) is 0 Å². The fraction of sp³-hybridized carbons (Fsp3) is 0.526. The van der Waals surface area contributed by atoms with E-state index in [0.717, 1.165) is 12.2 Å². The summed E-state index contributed by atoms with van der Waals surface area (Å²) >= 11 is 0. The molecule has 25 heavy (non-hydrogen) atoms. The molecule has 2 heterocycles. The largest absolute Gasteiger partial charge is 0.488 e. The molecule has 3 rings (SSSR count). The Hall–Kier alpha value is -2.37. The highest BCUT2D eigenvalue weighted by atomic mass is 16.5. The lowest BCUT2D eigenvalue weighted by atomic mass is 9.96. The lowest BCUT2D eigenvalue weighted by molar-refractivity contribution is -0.121. The molecule has 1 amide bonds. The van der Waals surface area contributed by atoms with Gasteiger partial charge in [0.15, 0.2) is 5.82 Å². The molecular weight excluding hydrogens is 318 g/mol. The first-order valence-electron chi connectivity index (χ1n) is 8.76. The minimum atomic E-state index is -0.127. The molecule has 1 aromatic carbocycles. The van der Waals surface area contributed by atoms with E-state index < -0.39 is 0 Å². The molecule has 0 saturated heterocycles. The lowest BCUT2D eigenvalue weighted by Gasteiger charge is -2.11. The van der Waals surface area contributed by atoms with Crippen molar-refractivity contribution in [2.45, 2.75) is 58.0 Å².